The smallest absolute Gasteiger partial charge is 0.232 e. The number of aryl methyl sites for hydroxylation is 2. The van der Waals surface area contributed by atoms with Crippen LogP contribution in [0.15, 0.2) is 47.0 Å². The molecule has 5 rings (SSSR count). The molecule has 2 heterocycles. The first kappa shape index (κ1) is 17.9. The van der Waals surface area contributed by atoms with E-state index in [9.17, 15) is 4.79 Å². The van der Waals surface area contributed by atoms with Crippen molar-refractivity contribution in [2.45, 2.75) is 38.5 Å². The second-order valence-corrected chi connectivity index (χ2v) is 7.63. The number of hydrogen-bond donors (Lipinski definition) is 0. The van der Waals surface area contributed by atoms with Crippen LogP contribution in [0.5, 0.6) is 5.75 Å². The molecule has 0 spiro atoms. The van der Waals surface area contributed by atoms with Crippen molar-refractivity contribution in [1.82, 2.24) is 10.1 Å². The summed E-state index contributed by atoms with van der Waals surface area (Å²) in [6.45, 7) is 3.12. The molecule has 0 radical (unpaired) electrons. The van der Waals surface area contributed by atoms with E-state index in [1.54, 1.807) is 0 Å². The highest BCUT2D eigenvalue weighted by molar-refractivity contribution is 5.96. The number of carbonyl (C=O) groups excluding carboxylic acids is 1. The summed E-state index contributed by atoms with van der Waals surface area (Å²) in [4.78, 5) is 19.1. The van der Waals surface area contributed by atoms with Crippen molar-refractivity contribution in [3.05, 3.63) is 59.5 Å². The lowest BCUT2D eigenvalue weighted by Crippen LogP contribution is -2.24. The zero-order valence-electron chi connectivity index (χ0n) is 16.4. The molecule has 0 N–H and O–H groups in total. The summed E-state index contributed by atoms with van der Waals surface area (Å²) in [5.74, 6) is 1.82. The normalized spacial score (nSPS) is 18.3. The van der Waals surface area contributed by atoms with Gasteiger partial charge in [-0.15, -0.1) is 0 Å². The van der Waals surface area contributed by atoms with Crippen molar-refractivity contribution < 1.29 is 14.1 Å². The number of carbonyl (C=O) groups is 1. The van der Waals surface area contributed by atoms with Gasteiger partial charge in [-0.2, -0.15) is 4.98 Å². The van der Waals surface area contributed by atoms with E-state index in [1.165, 1.54) is 17.5 Å². The van der Waals surface area contributed by atoms with Crippen molar-refractivity contribution in [3.63, 3.8) is 0 Å². The zero-order valence-corrected chi connectivity index (χ0v) is 16.4. The second kappa shape index (κ2) is 7.35. The van der Waals surface area contributed by atoms with Gasteiger partial charge >= 0.3 is 0 Å². The van der Waals surface area contributed by atoms with E-state index < -0.39 is 0 Å². The van der Waals surface area contributed by atoms with Gasteiger partial charge in [-0.1, -0.05) is 23.4 Å². The number of benzene rings is 2. The van der Waals surface area contributed by atoms with E-state index in [1.807, 2.05) is 36.1 Å². The Bertz CT molecular complexity index is 1060. The average molecular weight is 389 g/mol. The fourth-order valence-corrected chi connectivity index (χ4v) is 4.26. The Labute approximate surface area is 169 Å². The Balaban J connectivity index is 1.35. The van der Waals surface area contributed by atoms with Gasteiger partial charge in [0.1, 0.15) is 5.75 Å². The van der Waals surface area contributed by atoms with Crippen LogP contribution in [-0.2, 0) is 17.6 Å². The third-order valence-electron chi connectivity index (χ3n) is 5.71. The minimum absolute atomic E-state index is 0.0907. The highest BCUT2D eigenvalue weighted by Gasteiger charge is 2.35. The monoisotopic (exact) mass is 389 g/mol. The van der Waals surface area contributed by atoms with Gasteiger partial charge in [0.2, 0.25) is 17.6 Å². The van der Waals surface area contributed by atoms with Gasteiger partial charge in [0.25, 0.3) is 0 Å². The van der Waals surface area contributed by atoms with E-state index in [-0.39, 0.29) is 11.8 Å². The molecule has 2 aromatic carbocycles. The quantitative estimate of drug-likeness (QED) is 0.656. The lowest BCUT2D eigenvalue weighted by Gasteiger charge is -2.17. The molecule has 6 nitrogen and oxygen atoms in total. The fraction of sp³-hybridized carbons (Fsp3) is 0.348. The van der Waals surface area contributed by atoms with E-state index in [4.69, 9.17) is 9.26 Å². The van der Waals surface area contributed by atoms with E-state index in [2.05, 4.69) is 28.3 Å². The molecule has 0 bridgehead atoms. The molecule has 1 amide bonds. The minimum atomic E-state index is -0.0907. The molecule has 1 fully saturated rings. The average Bonchev–Trinajstić information content (AvgIpc) is 3.47. The summed E-state index contributed by atoms with van der Waals surface area (Å²) in [6, 6.07) is 14.0. The molecule has 3 aromatic rings. The Morgan fingerprint density at radius 2 is 2.07 bits per heavy atom. The first-order chi connectivity index (χ1) is 14.2. The van der Waals surface area contributed by atoms with Crippen LogP contribution < -0.4 is 9.64 Å². The van der Waals surface area contributed by atoms with Gasteiger partial charge < -0.3 is 14.2 Å². The topological polar surface area (TPSA) is 68.5 Å². The highest BCUT2D eigenvalue weighted by Crippen LogP contribution is 2.34. The maximum atomic E-state index is 12.7. The predicted octanol–water partition coefficient (Wildman–Crippen LogP) is 4.14. The number of fused-ring (bicyclic) bond motifs is 1. The highest BCUT2D eigenvalue weighted by atomic mass is 16.5. The summed E-state index contributed by atoms with van der Waals surface area (Å²) in [5.41, 5.74) is 4.59. The van der Waals surface area contributed by atoms with Crippen molar-refractivity contribution in [3.8, 4) is 17.1 Å². The Morgan fingerprint density at radius 3 is 2.97 bits per heavy atom. The molecule has 1 saturated heterocycles. The molecule has 1 aliphatic heterocycles. The molecule has 29 heavy (non-hydrogen) atoms. The molecule has 1 aliphatic carbocycles. The maximum absolute atomic E-state index is 12.7. The van der Waals surface area contributed by atoms with Crippen LogP contribution in [0.4, 0.5) is 5.69 Å². The lowest BCUT2D eigenvalue weighted by atomic mass is 10.1. The Hall–Kier alpha value is -3.15. The van der Waals surface area contributed by atoms with Crippen molar-refractivity contribution in [2.24, 2.45) is 0 Å². The van der Waals surface area contributed by atoms with Gasteiger partial charge in [-0.3, -0.25) is 4.79 Å². The third kappa shape index (κ3) is 3.39. The van der Waals surface area contributed by atoms with Gasteiger partial charge in [-0.05, 0) is 61.6 Å². The van der Waals surface area contributed by atoms with Crippen molar-refractivity contribution >= 4 is 11.6 Å². The summed E-state index contributed by atoms with van der Waals surface area (Å²) >= 11 is 0. The van der Waals surface area contributed by atoms with Gasteiger partial charge in [0.15, 0.2) is 0 Å². The first-order valence-electron chi connectivity index (χ1n) is 10.2. The molecule has 6 heteroatoms. The number of hydrogen-bond acceptors (Lipinski definition) is 5. The third-order valence-corrected chi connectivity index (χ3v) is 5.71. The van der Waals surface area contributed by atoms with Crippen molar-refractivity contribution in [2.75, 3.05) is 18.1 Å². The number of rotatable bonds is 5. The Morgan fingerprint density at radius 1 is 1.17 bits per heavy atom. The number of aromatic nitrogens is 2. The van der Waals surface area contributed by atoms with Crippen LogP contribution in [0.25, 0.3) is 11.4 Å². The number of anilines is 1. The SMILES string of the molecule is CCOc1cccc(-c2noc(C3CC(=O)N(c4ccc5c(c4)CCC5)C3)n2)c1. The van der Waals surface area contributed by atoms with Gasteiger partial charge in [0.05, 0.1) is 12.5 Å². The summed E-state index contributed by atoms with van der Waals surface area (Å²) < 4.78 is 11.1. The lowest BCUT2D eigenvalue weighted by molar-refractivity contribution is -0.117. The fourth-order valence-electron chi connectivity index (χ4n) is 4.26. The standard InChI is InChI=1S/C23H23N3O3/c1-2-28-20-8-4-7-17(12-20)22-24-23(29-25-22)18-13-21(27)26(14-18)19-10-9-15-5-3-6-16(15)11-19/h4,7-12,18H,2-3,5-6,13-14H2,1H3. The van der Waals surface area contributed by atoms with Crippen LogP contribution in [0.2, 0.25) is 0 Å². The zero-order chi connectivity index (χ0) is 19.8. The van der Waals surface area contributed by atoms with E-state index in [0.717, 1.165) is 29.8 Å². The van der Waals surface area contributed by atoms with E-state index >= 15 is 0 Å². The van der Waals surface area contributed by atoms with Gasteiger partial charge in [-0.25, -0.2) is 0 Å². The number of amides is 1. The summed E-state index contributed by atoms with van der Waals surface area (Å²) in [5, 5.41) is 4.13. The van der Waals surface area contributed by atoms with Crippen LogP contribution in [0.1, 0.15) is 42.7 Å². The number of ether oxygens (including phenoxy) is 1. The van der Waals surface area contributed by atoms with Crippen LogP contribution in [0, 0.1) is 0 Å². The van der Waals surface area contributed by atoms with Crippen LogP contribution in [-0.4, -0.2) is 29.2 Å². The molecular formula is C23H23N3O3. The van der Waals surface area contributed by atoms with Crippen molar-refractivity contribution in [1.29, 1.82) is 0 Å². The maximum Gasteiger partial charge on any atom is 0.232 e. The van der Waals surface area contributed by atoms with Gasteiger partial charge in [0, 0.05) is 24.2 Å². The summed E-state index contributed by atoms with van der Waals surface area (Å²) in [6.07, 6.45) is 3.83. The predicted molar refractivity (Wildman–Crippen MR) is 109 cm³/mol. The molecule has 1 atom stereocenters. The van der Waals surface area contributed by atoms with Crippen LogP contribution >= 0.6 is 0 Å². The first-order valence-corrected chi connectivity index (χ1v) is 10.2. The largest absolute Gasteiger partial charge is 0.494 e. The molecule has 2 aliphatic rings. The van der Waals surface area contributed by atoms with E-state index in [0.29, 0.717) is 31.3 Å². The minimum Gasteiger partial charge on any atom is -0.494 e. The summed E-state index contributed by atoms with van der Waals surface area (Å²) in [7, 11) is 0. The molecule has 1 unspecified atom stereocenters. The number of nitrogens with zero attached hydrogens (tertiary/aromatic N) is 3. The van der Waals surface area contributed by atoms with Crippen LogP contribution in [0.3, 0.4) is 0 Å². The second-order valence-electron chi connectivity index (χ2n) is 7.63. The Kier molecular flexibility index (Phi) is 4.54. The molecular weight excluding hydrogens is 366 g/mol. The molecule has 1 aromatic heterocycles. The molecule has 148 valence electrons. The molecule has 0 saturated carbocycles.